The Kier molecular flexibility index (Phi) is 6.48. The van der Waals surface area contributed by atoms with Crippen LogP contribution in [-0.4, -0.2) is 51.0 Å². The summed E-state index contributed by atoms with van der Waals surface area (Å²) < 4.78 is 46.7. The lowest BCUT2D eigenvalue weighted by atomic mass is 9.45. The molecule has 1 aromatic rings. The van der Waals surface area contributed by atoms with Gasteiger partial charge in [-0.25, -0.2) is 13.2 Å². The van der Waals surface area contributed by atoms with Gasteiger partial charge in [-0.2, -0.15) is 5.06 Å². The molecule has 1 heterocycles. The molecule has 210 valence electrons. The number of hydrogen-bond acceptors (Lipinski definition) is 6. The maximum atomic E-state index is 17.5. The molecule has 1 saturated heterocycles. The van der Waals surface area contributed by atoms with Gasteiger partial charge < -0.3 is 5.11 Å². The fourth-order valence-electron chi connectivity index (χ4n) is 8.68. The number of rotatable bonds is 4. The average Bonchev–Trinajstić information content (AvgIpc) is 3.36. The Hall–Kier alpha value is -1.65. The number of hydroxylamine groups is 2. The van der Waals surface area contributed by atoms with Crippen molar-refractivity contribution < 1.29 is 32.7 Å². The summed E-state index contributed by atoms with van der Waals surface area (Å²) in [7, 11) is 0. The molecule has 0 aromatic heterocycles. The molecule has 3 fully saturated rings. The average molecular weight is 582 g/mol. The van der Waals surface area contributed by atoms with E-state index < -0.39 is 62.9 Å². The second-order valence-electron chi connectivity index (χ2n) is 12.1. The number of fused-ring (bicyclic) bond motifs is 7. The van der Waals surface area contributed by atoms with E-state index in [1.54, 1.807) is 24.1 Å². The third-order valence-corrected chi connectivity index (χ3v) is 11.4. The molecule has 1 N–H and O–H groups in total. The van der Waals surface area contributed by atoms with Crippen LogP contribution >= 0.6 is 23.4 Å². The van der Waals surface area contributed by atoms with Crippen LogP contribution in [-0.2, 0) is 21.0 Å². The molecule has 0 bridgehead atoms. The molecule has 8 atom stereocenters. The quantitative estimate of drug-likeness (QED) is 0.477. The van der Waals surface area contributed by atoms with E-state index >= 15 is 8.78 Å². The summed E-state index contributed by atoms with van der Waals surface area (Å²) in [4.78, 5) is 32.3. The lowest BCUT2D eigenvalue weighted by Crippen LogP contribution is -2.69. The number of aliphatic hydroxyl groups excluding tert-OH is 1. The Balaban J connectivity index is 1.40. The summed E-state index contributed by atoms with van der Waals surface area (Å²) in [5.74, 6) is -2.67. The van der Waals surface area contributed by atoms with Crippen molar-refractivity contribution in [1.29, 1.82) is 0 Å². The summed E-state index contributed by atoms with van der Waals surface area (Å²) in [5.41, 5.74) is -5.29. The van der Waals surface area contributed by atoms with Gasteiger partial charge in [0.25, 0.3) is 0 Å². The van der Waals surface area contributed by atoms with E-state index in [1.807, 2.05) is 19.1 Å². The Morgan fingerprint density at radius 2 is 1.97 bits per heavy atom. The minimum atomic E-state index is -2.24. The molecule has 1 aromatic carbocycles. The summed E-state index contributed by atoms with van der Waals surface area (Å²) in [5, 5.41) is 13.4. The van der Waals surface area contributed by atoms with Gasteiger partial charge in [-0.05, 0) is 55.0 Å². The number of hydrogen-bond donors (Lipinski definition) is 1. The van der Waals surface area contributed by atoms with Gasteiger partial charge in [0, 0.05) is 53.6 Å². The number of alkyl halides is 2. The molecule has 0 radical (unpaired) electrons. The van der Waals surface area contributed by atoms with Gasteiger partial charge in [-0.15, -0.1) is 0 Å². The molecule has 0 unspecified atom stereocenters. The summed E-state index contributed by atoms with van der Waals surface area (Å²) in [6.07, 6.45) is 0.922. The summed E-state index contributed by atoms with van der Waals surface area (Å²) >= 11 is 6.54. The molecular weight excluding hydrogens is 551 g/mol. The van der Waals surface area contributed by atoms with Gasteiger partial charge in [0.15, 0.2) is 17.1 Å². The SMILES string of the molecule is C[C@]12C=CC(=O)CC1=C(F)C[C@H]1[C@@H]3C[C@H]4CN(Cc5ccc(Cl)cc5)O[C@@]4(C(=O)SCF)[C@@]3(C)C[C@H](O)[C@@]12F. The zero-order valence-corrected chi connectivity index (χ0v) is 23.3. The number of carbonyl (C=O) groups is 2. The van der Waals surface area contributed by atoms with Gasteiger partial charge in [-0.1, -0.05) is 48.5 Å². The molecule has 4 aliphatic carbocycles. The molecule has 10 heteroatoms. The molecule has 0 spiro atoms. The Morgan fingerprint density at radius 3 is 2.67 bits per heavy atom. The predicted molar refractivity (Wildman–Crippen MR) is 142 cm³/mol. The van der Waals surface area contributed by atoms with Crippen LogP contribution < -0.4 is 0 Å². The lowest BCUT2D eigenvalue weighted by Gasteiger charge is -2.62. The fourth-order valence-corrected chi connectivity index (χ4v) is 9.56. The second kappa shape index (κ2) is 9.18. The highest BCUT2D eigenvalue weighted by molar-refractivity contribution is 8.13. The largest absolute Gasteiger partial charge is 0.390 e. The number of allylic oxidation sites excluding steroid dienone is 4. The third kappa shape index (κ3) is 3.59. The van der Waals surface area contributed by atoms with Crippen molar-refractivity contribution in [2.45, 2.75) is 63.4 Å². The molecule has 0 amide bonds. The fraction of sp³-hybridized carbons (Fsp3) is 0.586. The Labute approximate surface area is 234 Å². The van der Waals surface area contributed by atoms with Gasteiger partial charge >= 0.3 is 0 Å². The van der Waals surface area contributed by atoms with Crippen molar-refractivity contribution in [2.75, 3.05) is 12.6 Å². The first-order chi connectivity index (χ1) is 18.4. The van der Waals surface area contributed by atoms with Crippen molar-refractivity contribution >= 4 is 34.3 Å². The molecule has 6 rings (SSSR count). The van der Waals surface area contributed by atoms with Gasteiger partial charge in [0.1, 0.15) is 11.8 Å². The second-order valence-corrected chi connectivity index (χ2v) is 13.4. The molecular formula is C29H31ClF3NO4S. The van der Waals surface area contributed by atoms with Crippen LogP contribution in [0.2, 0.25) is 5.02 Å². The first-order valence-electron chi connectivity index (χ1n) is 13.3. The zero-order chi connectivity index (χ0) is 28.0. The van der Waals surface area contributed by atoms with Gasteiger partial charge in [0.05, 0.1) is 6.10 Å². The maximum absolute atomic E-state index is 17.5. The number of halogens is 4. The van der Waals surface area contributed by atoms with E-state index in [9.17, 15) is 19.1 Å². The number of ketones is 1. The van der Waals surface area contributed by atoms with Crippen molar-refractivity contribution in [3.8, 4) is 0 Å². The van der Waals surface area contributed by atoms with E-state index in [0.717, 1.165) is 5.56 Å². The highest BCUT2D eigenvalue weighted by Gasteiger charge is 2.79. The van der Waals surface area contributed by atoms with Crippen molar-refractivity contribution in [3.63, 3.8) is 0 Å². The van der Waals surface area contributed by atoms with Crippen LogP contribution in [0.4, 0.5) is 13.2 Å². The number of aliphatic hydroxyl groups is 1. The Bertz CT molecular complexity index is 1290. The number of carbonyl (C=O) groups excluding carboxylic acids is 2. The van der Waals surface area contributed by atoms with Gasteiger partial charge in [0.2, 0.25) is 5.12 Å². The van der Waals surface area contributed by atoms with Gasteiger partial charge in [-0.3, -0.25) is 14.4 Å². The van der Waals surface area contributed by atoms with E-state index in [2.05, 4.69) is 0 Å². The Morgan fingerprint density at radius 1 is 1.26 bits per heavy atom. The predicted octanol–water partition coefficient (Wildman–Crippen LogP) is 5.91. The summed E-state index contributed by atoms with van der Waals surface area (Å²) in [6.45, 7) is 4.08. The third-order valence-electron chi connectivity index (χ3n) is 10.5. The van der Waals surface area contributed by atoms with E-state index in [0.29, 0.717) is 36.3 Å². The molecule has 2 saturated carbocycles. The minimum Gasteiger partial charge on any atom is -0.390 e. The highest BCUT2D eigenvalue weighted by Crippen LogP contribution is 2.73. The summed E-state index contributed by atoms with van der Waals surface area (Å²) in [6, 6.07) is 6.29. The van der Waals surface area contributed by atoms with Crippen molar-refractivity contribution in [2.24, 2.45) is 28.6 Å². The topological polar surface area (TPSA) is 66.8 Å². The first-order valence-corrected chi connectivity index (χ1v) is 14.7. The smallest absolute Gasteiger partial charge is 0.226 e. The van der Waals surface area contributed by atoms with E-state index in [4.69, 9.17) is 16.4 Å². The molecule has 5 aliphatic rings. The number of nitrogens with zero attached hydrogens (tertiary/aromatic N) is 1. The molecule has 39 heavy (non-hydrogen) atoms. The zero-order valence-electron chi connectivity index (χ0n) is 21.8. The van der Waals surface area contributed by atoms with Crippen LogP contribution in [0.1, 0.15) is 45.1 Å². The number of benzene rings is 1. The van der Waals surface area contributed by atoms with E-state index in [1.165, 1.54) is 12.2 Å². The monoisotopic (exact) mass is 581 g/mol. The van der Waals surface area contributed by atoms with Crippen molar-refractivity contribution in [1.82, 2.24) is 5.06 Å². The van der Waals surface area contributed by atoms with Crippen LogP contribution in [0, 0.1) is 28.6 Å². The van der Waals surface area contributed by atoms with E-state index in [-0.39, 0.29) is 30.6 Å². The lowest BCUT2D eigenvalue weighted by molar-refractivity contribution is -0.263. The molecule has 5 nitrogen and oxygen atoms in total. The standard InChI is InChI=1S/C29H31ClF3NO4S/c1-26-8-7-19(35)10-22(26)23(32)11-21-20-9-17-14-34(13-16-3-5-18(30)6-4-16)38-29(17,25(37)39-15-31)27(20,2)12-24(36)28(21,26)33/h3-8,17,20-21,24,36H,9-15H2,1-2H3/t17-,20-,21-,24-,26-,27-,28-,29-/m0/s1. The van der Waals surface area contributed by atoms with Crippen LogP contribution in [0.15, 0.2) is 47.8 Å². The normalized spacial score (nSPS) is 43.2. The van der Waals surface area contributed by atoms with Crippen molar-refractivity contribution in [3.05, 3.63) is 58.4 Å². The van der Waals surface area contributed by atoms with Crippen LogP contribution in [0.25, 0.3) is 0 Å². The molecule has 1 aliphatic heterocycles. The first kappa shape index (κ1) is 27.5. The maximum Gasteiger partial charge on any atom is 0.226 e. The van der Waals surface area contributed by atoms with Crippen LogP contribution in [0.5, 0.6) is 0 Å². The highest BCUT2D eigenvalue weighted by atomic mass is 35.5. The number of thioether (sulfide) groups is 1. The minimum absolute atomic E-state index is 0.0961. The van der Waals surface area contributed by atoms with Crippen LogP contribution in [0.3, 0.4) is 0 Å².